The lowest BCUT2D eigenvalue weighted by molar-refractivity contribution is -0.138. The zero-order valence-corrected chi connectivity index (χ0v) is 28.9. The van der Waals surface area contributed by atoms with Crippen LogP contribution in [0, 0.1) is 0 Å². The van der Waals surface area contributed by atoms with Gasteiger partial charge in [0.15, 0.2) is 0 Å². The van der Waals surface area contributed by atoms with E-state index in [0.717, 1.165) is 16.0 Å². The number of nitrogens with one attached hydrogen (secondary N) is 2. The van der Waals surface area contributed by atoms with E-state index in [1.807, 2.05) is 36.4 Å². The van der Waals surface area contributed by atoms with E-state index in [-0.39, 0.29) is 34.8 Å². The number of rotatable bonds is 14. The summed E-state index contributed by atoms with van der Waals surface area (Å²) in [4.78, 5) is 39.0. The van der Waals surface area contributed by atoms with E-state index in [9.17, 15) is 22.8 Å². The third-order valence-electron chi connectivity index (χ3n) is 7.39. The lowest BCUT2D eigenvalue weighted by atomic mass is 9.86. The van der Waals surface area contributed by atoms with Crippen molar-refractivity contribution in [2.75, 3.05) is 20.7 Å². The quantitative estimate of drug-likeness (QED) is 0.215. The van der Waals surface area contributed by atoms with Gasteiger partial charge in [-0.15, -0.1) is 0 Å². The van der Waals surface area contributed by atoms with Crippen molar-refractivity contribution in [1.82, 2.24) is 14.9 Å². The molecule has 0 saturated heterocycles. The summed E-state index contributed by atoms with van der Waals surface area (Å²) < 4.78 is 33.3. The molecule has 0 saturated carbocycles. The Hall–Kier alpha value is -3.87. The molecule has 0 aliphatic heterocycles. The third kappa shape index (κ3) is 10.1. The molecule has 0 unspecified atom stereocenters. The van der Waals surface area contributed by atoms with Crippen LogP contribution in [0.2, 0.25) is 0 Å². The molecule has 1 atom stereocenters. The molecule has 3 N–H and O–H groups in total. The number of amides is 2. The van der Waals surface area contributed by atoms with Gasteiger partial charge in [0.2, 0.25) is 15.9 Å². The number of ether oxygens (including phenoxy) is 1. The first-order chi connectivity index (χ1) is 21.5. The Bertz CT molecular complexity index is 1630. The monoisotopic (exact) mass is 669 g/mol. The highest BCUT2D eigenvalue weighted by atomic mass is 32.2. The molecule has 0 spiro atoms. The number of aliphatic carboxylic acids is 1. The average molecular weight is 670 g/mol. The van der Waals surface area contributed by atoms with Gasteiger partial charge in [-0.25, -0.2) is 8.42 Å². The number of sulfonamides is 1. The van der Waals surface area contributed by atoms with E-state index in [4.69, 9.17) is 9.84 Å². The molecule has 0 aliphatic rings. The molecule has 0 bridgehead atoms. The second-order valence-electron chi connectivity index (χ2n) is 12.2. The molecule has 3 aromatic rings. The zero-order valence-electron chi connectivity index (χ0n) is 27.3. The second-order valence-corrected chi connectivity index (χ2v) is 15.4. The summed E-state index contributed by atoms with van der Waals surface area (Å²) in [6, 6.07) is 18.5. The van der Waals surface area contributed by atoms with E-state index >= 15 is 0 Å². The van der Waals surface area contributed by atoms with Gasteiger partial charge < -0.3 is 20.5 Å². The number of hydrogen-bond donors (Lipinski definition) is 3. The van der Waals surface area contributed by atoms with Gasteiger partial charge >= 0.3 is 5.97 Å². The molecule has 2 amide bonds. The normalized spacial score (nSPS) is 12.5. The third-order valence-corrected chi connectivity index (χ3v) is 10.5. The minimum Gasteiger partial charge on any atom is -0.497 e. The Balaban J connectivity index is 2.01. The van der Waals surface area contributed by atoms with Crippen LogP contribution in [0.4, 0.5) is 0 Å². The molecule has 46 heavy (non-hydrogen) atoms. The smallest absolute Gasteiger partial charge is 0.322 e. The number of hydrogen-bond acceptors (Lipinski definition) is 7. The maximum atomic E-state index is 14.0. The Morgan fingerprint density at radius 2 is 1.61 bits per heavy atom. The fourth-order valence-corrected chi connectivity index (χ4v) is 6.80. The molecule has 0 aliphatic carbocycles. The molecule has 0 heterocycles. The van der Waals surface area contributed by atoms with Gasteiger partial charge in [0, 0.05) is 35.3 Å². The van der Waals surface area contributed by atoms with Gasteiger partial charge in [-0.1, -0.05) is 56.8 Å². The van der Waals surface area contributed by atoms with Crippen LogP contribution in [0.1, 0.15) is 62.5 Å². The number of carbonyl (C=O) groups is 3. The van der Waals surface area contributed by atoms with Gasteiger partial charge in [-0.3, -0.25) is 14.4 Å². The summed E-state index contributed by atoms with van der Waals surface area (Å²) in [5, 5.41) is 14.3. The number of carbonyl (C=O) groups excluding carboxylic acids is 2. The first-order valence-corrected chi connectivity index (χ1v) is 17.1. The fourth-order valence-electron chi connectivity index (χ4n) is 4.48. The van der Waals surface area contributed by atoms with E-state index in [0.29, 0.717) is 10.6 Å². The van der Waals surface area contributed by atoms with Crippen molar-refractivity contribution >= 4 is 39.6 Å². The van der Waals surface area contributed by atoms with Crippen molar-refractivity contribution in [3.63, 3.8) is 0 Å². The Kier molecular flexibility index (Phi) is 12.4. The van der Waals surface area contributed by atoms with Gasteiger partial charge in [-0.2, -0.15) is 4.31 Å². The Morgan fingerprint density at radius 1 is 0.978 bits per heavy atom. The molecule has 3 rings (SSSR count). The molecule has 248 valence electrons. The van der Waals surface area contributed by atoms with Crippen molar-refractivity contribution in [1.29, 1.82) is 0 Å². The first kappa shape index (κ1) is 36.6. The van der Waals surface area contributed by atoms with Crippen molar-refractivity contribution in [3.05, 3.63) is 83.4 Å². The average Bonchev–Trinajstić information content (AvgIpc) is 2.99. The number of carboxylic acids is 1. The summed E-state index contributed by atoms with van der Waals surface area (Å²) in [5.74, 6) is -1.62. The highest BCUT2D eigenvalue weighted by molar-refractivity contribution is 7.99. The molecule has 0 aromatic heterocycles. The van der Waals surface area contributed by atoms with Crippen LogP contribution in [0.5, 0.6) is 5.75 Å². The zero-order chi connectivity index (χ0) is 34.2. The molecular formula is C34H43N3O7S2. The van der Waals surface area contributed by atoms with Gasteiger partial charge in [0.05, 0.1) is 17.6 Å². The van der Waals surface area contributed by atoms with Crippen molar-refractivity contribution in [2.45, 2.75) is 79.6 Å². The van der Waals surface area contributed by atoms with E-state index in [1.54, 1.807) is 39.2 Å². The first-order valence-electron chi connectivity index (χ1n) is 14.8. The summed E-state index contributed by atoms with van der Waals surface area (Å²) in [5.41, 5.74) is 2.06. The molecule has 3 aromatic carbocycles. The Labute approximate surface area is 276 Å². The predicted octanol–water partition coefficient (Wildman–Crippen LogP) is 5.10. The minimum atomic E-state index is -3.91. The summed E-state index contributed by atoms with van der Waals surface area (Å²) in [7, 11) is -0.865. The van der Waals surface area contributed by atoms with Crippen LogP contribution in [0.3, 0.4) is 0 Å². The Morgan fingerprint density at radius 3 is 2.15 bits per heavy atom. The van der Waals surface area contributed by atoms with Crippen molar-refractivity contribution in [2.24, 2.45) is 0 Å². The van der Waals surface area contributed by atoms with Crippen LogP contribution in [-0.4, -0.2) is 68.4 Å². The molecule has 0 fully saturated rings. The van der Waals surface area contributed by atoms with Crippen LogP contribution >= 0.6 is 11.8 Å². The molecular weight excluding hydrogens is 627 g/mol. The summed E-state index contributed by atoms with van der Waals surface area (Å²) in [6.45, 7) is 9.28. The number of nitrogens with zero attached hydrogens (tertiary/aromatic N) is 1. The van der Waals surface area contributed by atoms with E-state index in [1.165, 1.54) is 35.2 Å². The number of methoxy groups -OCH3 is 1. The van der Waals surface area contributed by atoms with E-state index < -0.39 is 40.4 Å². The summed E-state index contributed by atoms with van der Waals surface area (Å²) >= 11 is 1.29. The summed E-state index contributed by atoms with van der Waals surface area (Å²) in [6.07, 6.45) is 0.0980. The highest BCUT2D eigenvalue weighted by Gasteiger charge is 2.27. The van der Waals surface area contributed by atoms with Crippen LogP contribution in [-0.2, 0) is 31.4 Å². The number of carboxylic acid groups (broad SMARTS) is 1. The van der Waals surface area contributed by atoms with Gasteiger partial charge in [0.1, 0.15) is 12.3 Å². The highest BCUT2D eigenvalue weighted by Crippen LogP contribution is 2.34. The van der Waals surface area contributed by atoms with Crippen molar-refractivity contribution < 1.29 is 32.6 Å². The standard InChI is InChI=1S/C34H43N3O7S2/c1-22(2)37(6)46(42,43)28-16-17-30(45-27-14-12-26(44-7)13-15-27)29(20-28)33(41)36-25(19-31(38)35-21-32(39)40)18-23-8-10-24(11-9-23)34(3,4)5/h8-17,20,22,25H,18-19,21H2,1-7H3,(H,35,38)(H,36,41)(H,39,40)/t25-/m1/s1. The van der Waals surface area contributed by atoms with E-state index in [2.05, 4.69) is 31.4 Å². The topological polar surface area (TPSA) is 142 Å². The molecule has 12 heteroatoms. The minimum absolute atomic E-state index is 0.0403. The predicted molar refractivity (Wildman–Crippen MR) is 179 cm³/mol. The van der Waals surface area contributed by atoms with Crippen LogP contribution in [0.15, 0.2) is 81.4 Å². The van der Waals surface area contributed by atoms with Crippen LogP contribution < -0.4 is 15.4 Å². The lowest BCUT2D eigenvalue weighted by Crippen LogP contribution is -2.41. The van der Waals surface area contributed by atoms with Crippen LogP contribution in [0.25, 0.3) is 0 Å². The lowest BCUT2D eigenvalue weighted by Gasteiger charge is -2.23. The van der Waals surface area contributed by atoms with Crippen molar-refractivity contribution in [3.8, 4) is 5.75 Å². The molecule has 10 nitrogen and oxygen atoms in total. The largest absolute Gasteiger partial charge is 0.497 e. The maximum absolute atomic E-state index is 14.0. The van der Waals surface area contributed by atoms with Gasteiger partial charge in [-0.05, 0) is 79.3 Å². The SMILES string of the molecule is COc1ccc(Sc2ccc(S(=O)(=O)N(C)C(C)C)cc2C(=O)N[C@@H](CC(=O)NCC(=O)O)Cc2ccc(C(C)(C)C)cc2)cc1. The fraction of sp³-hybridized carbons (Fsp3) is 0.382. The van der Waals surface area contributed by atoms with Gasteiger partial charge in [0.25, 0.3) is 5.91 Å². The maximum Gasteiger partial charge on any atom is 0.322 e. The molecule has 0 radical (unpaired) electrons. The number of benzene rings is 3. The second kappa shape index (κ2) is 15.6.